The molecular weight excluding hydrogens is 176 g/mol. The number of benzene rings is 1. The zero-order valence-corrected chi connectivity index (χ0v) is 8.20. The van der Waals surface area contributed by atoms with E-state index in [0.29, 0.717) is 5.95 Å². The first-order chi connectivity index (χ1) is 6.72. The molecule has 0 spiro atoms. The van der Waals surface area contributed by atoms with Crippen LogP contribution in [-0.4, -0.2) is 17.0 Å². The SMILES string of the molecule is CNc1nc(N)nc2c(C)cccc12. The summed E-state index contributed by atoms with van der Waals surface area (Å²) in [5, 5.41) is 4.01. The predicted octanol–water partition coefficient (Wildman–Crippen LogP) is 1.56. The van der Waals surface area contributed by atoms with E-state index in [1.54, 1.807) is 0 Å². The van der Waals surface area contributed by atoms with Gasteiger partial charge in [0.15, 0.2) is 0 Å². The highest BCUT2D eigenvalue weighted by Gasteiger charge is 2.05. The molecule has 0 bridgehead atoms. The molecule has 0 saturated carbocycles. The van der Waals surface area contributed by atoms with Crippen LogP contribution in [0.25, 0.3) is 10.9 Å². The lowest BCUT2D eigenvalue weighted by atomic mass is 10.1. The van der Waals surface area contributed by atoms with Crippen molar-refractivity contribution in [2.75, 3.05) is 18.1 Å². The number of nitrogens with one attached hydrogen (secondary N) is 1. The van der Waals surface area contributed by atoms with Gasteiger partial charge in [-0.2, -0.15) is 4.98 Å². The van der Waals surface area contributed by atoms with E-state index < -0.39 is 0 Å². The fourth-order valence-corrected chi connectivity index (χ4v) is 1.50. The molecule has 1 aromatic carbocycles. The van der Waals surface area contributed by atoms with Gasteiger partial charge in [0.25, 0.3) is 0 Å². The van der Waals surface area contributed by atoms with Crippen molar-refractivity contribution in [3.63, 3.8) is 0 Å². The fourth-order valence-electron chi connectivity index (χ4n) is 1.50. The van der Waals surface area contributed by atoms with Gasteiger partial charge in [-0.3, -0.25) is 0 Å². The van der Waals surface area contributed by atoms with Crippen LogP contribution >= 0.6 is 0 Å². The van der Waals surface area contributed by atoms with Gasteiger partial charge in [0.1, 0.15) is 5.82 Å². The standard InChI is InChI=1S/C10H12N4/c1-6-4-3-5-7-8(6)13-10(11)14-9(7)12-2/h3-5H,1-2H3,(H3,11,12,13,14). The average Bonchev–Trinajstić information content (AvgIpc) is 2.18. The van der Waals surface area contributed by atoms with Crippen molar-refractivity contribution in [3.8, 4) is 0 Å². The lowest BCUT2D eigenvalue weighted by Crippen LogP contribution is -2.01. The van der Waals surface area contributed by atoms with Gasteiger partial charge >= 0.3 is 0 Å². The Morgan fingerprint density at radius 3 is 2.79 bits per heavy atom. The van der Waals surface area contributed by atoms with E-state index in [1.807, 2.05) is 32.2 Å². The molecule has 72 valence electrons. The van der Waals surface area contributed by atoms with Crippen molar-refractivity contribution in [2.45, 2.75) is 6.92 Å². The normalized spacial score (nSPS) is 10.4. The predicted molar refractivity (Wildman–Crippen MR) is 58.2 cm³/mol. The molecule has 0 radical (unpaired) electrons. The molecule has 0 atom stereocenters. The Balaban J connectivity index is 2.87. The van der Waals surface area contributed by atoms with Crippen molar-refractivity contribution >= 4 is 22.7 Å². The number of hydrogen-bond donors (Lipinski definition) is 2. The number of rotatable bonds is 1. The minimum atomic E-state index is 0.302. The Kier molecular flexibility index (Phi) is 1.96. The smallest absolute Gasteiger partial charge is 0.222 e. The minimum Gasteiger partial charge on any atom is -0.372 e. The lowest BCUT2D eigenvalue weighted by Gasteiger charge is -2.06. The van der Waals surface area contributed by atoms with Gasteiger partial charge < -0.3 is 11.1 Å². The third-order valence-electron chi connectivity index (χ3n) is 2.18. The molecule has 0 aliphatic heterocycles. The third kappa shape index (κ3) is 1.25. The largest absolute Gasteiger partial charge is 0.372 e. The Morgan fingerprint density at radius 1 is 1.29 bits per heavy atom. The van der Waals surface area contributed by atoms with Gasteiger partial charge in [0.2, 0.25) is 5.95 Å². The molecule has 4 heteroatoms. The van der Waals surface area contributed by atoms with Gasteiger partial charge in [-0.15, -0.1) is 0 Å². The first-order valence-electron chi connectivity index (χ1n) is 4.43. The number of aryl methyl sites for hydroxylation is 1. The number of nitrogen functional groups attached to an aromatic ring is 1. The highest BCUT2D eigenvalue weighted by atomic mass is 15.1. The molecule has 0 aliphatic rings. The number of hydrogen-bond acceptors (Lipinski definition) is 4. The van der Waals surface area contributed by atoms with E-state index in [2.05, 4.69) is 15.3 Å². The first-order valence-corrected chi connectivity index (χ1v) is 4.43. The number of para-hydroxylation sites is 1. The van der Waals surface area contributed by atoms with E-state index in [0.717, 1.165) is 22.3 Å². The molecule has 1 heterocycles. The average molecular weight is 188 g/mol. The molecule has 0 amide bonds. The van der Waals surface area contributed by atoms with Crippen molar-refractivity contribution in [1.29, 1.82) is 0 Å². The Labute approximate surface area is 82.2 Å². The quantitative estimate of drug-likeness (QED) is 0.712. The van der Waals surface area contributed by atoms with Gasteiger partial charge in [-0.1, -0.05) is 12.1 Å². The van der Waals surface area contributed by atoms with E-state index >= 15 is 0 Å². The van der Waals surface area contributed by atoms with Crippen molar-refractivity contribution in [2.24, 2.45) is 0 Å². The topological polar surface area (TPSA) is 63.8 Å². The number of aromatic nitrogens is 2. The van der Waals surface area contributed by atoms with Crippen LogP contribution < -0.4 is 11.1 Å². The monoisotopic (exact) mass is 188 g/mol. The van der Waals surface area contributed by atoms with E-state index in [4.69, 9.17) is 5.73 Å². The Bertz CT molecular complexity index is 479. The maximum atomic E-state index is 5.61. The maximum absolute atomic E-state index is 5.61. The maximum Gasteiger partial charge on any atom is 0.222 e. The zero-order valence-electron chi connectivity index (χ0n) is 8.20. The number of fused-ring (bicyclic) bond motifs is 1. The second-order valence-electron chi connectivity index (χ2n) is 3.15. The molecule has 14 heavy (non-hydrogen) atoms. The summed E-state index contributed by atoms with van der Waals surface area (Å²) in [5.74, 6) is 1.08. The molecular formula is C10H12N4. The molecule has 0 saturated heterocycles. The van der Waals surface area contributed by atoms with Crippen molar-refractivity contribution in [3.05, 3.63) is 23.8 Å². The van der Waals surface area contributed by atoms with Crippen LogP contribution in [0.5, 0.6) is 0 Å². The molecule has 2 rings (SSSR count). The number of nitrogens with zero attached hydrogens (tertiary/aromatic N) is 2. The van der Waals surface area contributed by atoms with Crippen LogP contribution in [0.15, 0.2) is 18.2 Å². The summed E-state index contributed by atoms with van der Waals surface area (Å²) in [5.41, 5.74) is 7.62. The van der Waals surface area contributed by atoms with Crippen molar-refractivity contribution in [1.82, 2.24) is 9.97 Å². The van der Waals surface area contributed by atoms with Gasteiger partial charge in [-0.05, 0) is 18.6 Å². The summed E-state index contributed by atoms with van der Waals surface area (Å²) in [6.45, 7) is 2.01. The first kappa shape index (κ1) is 8.74. The molecule has 3 N–H and O–H groups in total. The van der Waals surface area contributed by atoms with Crippen LogP contribution in [0, 0.1) is 6.92 Å². The molecule has 0 unspecified atom stereocenters. The van der Waals surface area contributed by atoms with E-state index in [9.17, 15) is 0 Å². The second kappa shape index (κ2) is 3.14. The van der Waals surface area contributed by atoms with Gasteiger partial charge in [0.05, 0.1) is 5.52 Å². The number of nitrogens with two attached hydrogens (primary N) is 1. The van der Waals surface area contributed by atoms with Crippen LogP contribution in [-0.2, 0) is 0 Å². The Hall–Kier alpha value is -1.84. The highest BCUT2D eigenvalue weighted by molar-refractivity contribution is 5.91. The van der Waals surface area contributed by atoms with Gasteiger partial charge in [0, 0.05) is 12.4 Å². The van der Waals surface area contributed by atoms with Gasteiger partial charge in [-0.25, -0.2) is 4.98 Å². The lowest BCUT2D eigenvalue weighted by molar-refractivity contribution is 1.21. The van der Waals surface area contributed by atoms with Crippen LogP contribution in [0.2, 0.25) is 0 Å². The molecule has 1 aromatic heterocycles. The van der Waals surface area contributed by atoms with Crippen LogP contribution in [0.3, 0.4) is 0 Å². The van der Waals surface area contributed by atoms with Crippen LogP contribution in [0.1, 0.15) is 5.56 Å². The van der Waals surface area contributed by atoms with E-state index in [-0.39, 0.29) is 0 Å². The fraction of sp³-hybridized carbons (Fsp3) is 0.200. The Morgan fingerprint density at radius 2 is 2.07 bits per heavy atom. The summed E-state index contributed by atoms with van der Waals surface area (Å²) in [6.07, 6.45) is 0. The molecule has 0 fully saturated rings. The summed E-state index contributed by atoms with van der Waals surface area (Å²) in [4.78, 5) is 8.33. The van der Waals surface area contributed by atoms with E-state index in [1.165, 1.54) is 0 Å². The minimum absolute atomic E-state index is 0.302. The third-order valence-corrected chi connectivity index (χ3v) is 2.18. The summed E-state index contributed by atoms with van der Waals surface area (Å²) in [6, 6.07) is 5.97. The summed E-state index contributed by atoms with van der Waals surface area (Å²) >= 11 is 0. The molecule has 2 aromatic rings. The number of anilines is 2. The molecule has 4 nitrogen and oxygen atoms in total. The summed E-state index contributed by atoms with van der Waals surface area (Å²) in [7, 11) is 1.82. The zero-order chi connectivity index (χ0) is 10.1. The highest BCUT2D eigenvalue weighted by Crippen LogP contribution is 2.22. The summed E-state index contributed by atoms with van der Waals surface area (Å²) < 4.78 is 0. The molecule has 0 aliphatic carbocycles. The van der Waals surface area contributed by atoms with Crippen LogP contribution in [0.4, 0.5) is 11.8 Å². The second-order valence-corrected chi connectivity index (χ2v) is 3.15. The van der Waals surface area contributed by atoms with Crippen molar-refractivity contribution < 1.29 is 0 Å².